The normalized spacial score (nSPS) is 15.8. The highest BCUT2D eigenvalue weighted by Gasteiger charge is 2.28. The highest BCUT2D eigenvalue weighted by molar-refractivity contribution is 7.71. The molecule has 1 unspecified atom stereocenters. The minimum atomic E-state index is -0.166. The van der Waals surface area contributed by atoms with Crippen LogP contribution in [0, 0.1) is 4.77 Å². The Morgan fingerprint density at radius 1 is 1.27 bits per heavy atom. The number of H-pyrrole nitrogens is 1. The van der Waals surface area contributed by atoms with Crippen molar-refractivity contribution in [3.8, 4) is 0 Å². The predicted molar refractivity (Wildman–Crippen MR) is 104 cm³/mol. The Morgan fingerprint density at radius 2 is 2.04 bits per heavy atom. The van der Waals surface area contributed by atoms with Crippen LogP contribution in [0.25, 0.3) is 10.9 Å². The quantitative estimate of drug-likeness (QED) is 0.709. The topological polar surface area (TPSA) is 58.1 Å². The Kier molecular flexibility index (Phi) is 4.00. The lowest BCUT2D eigenvalue weighted by atomic mass is 10.1. The van der Waals surface area contributed by atoms with E-state index in [1.807, 2.05) is 19.2 Å². The van der Waals surface area contributed by atoms with E-state index in [0.717, 1.165) is 12.8 Å². The summed E-state index contributed by atoms with van der Waals surface area (Å²) in [6.45, 7) is 0. The highest BCUT2D eigenvalue weighted by atomic mass is 32.1. The van der Waals surface area contributed by atoms with Crippen molar-refractivity contribution in [2.45, 2.75) is 18.9 Å². The number of rotatable bonds is 2. The van der Waals surface area contributed by atoms with Gasteiger partial charge in [0.2, 0.25) is 0 Å². The summed E-state index contributed by atoms with van der Waals surface area (Å²) >= 11 is 5.17. The number of aryl methyl sites for hydroxylation is 1. The first-order valence-electron chi connectivity index (χ1n) is 8.55. The summed E-state index contributed by atoms with van der Waals surface area (Å²) < 4.78 is 1.73. The number of carbonyl (C=O) groups excluding carboxylic acids is 1. The Morgan fingerprint density at radius 3 is 2.85 bits per heavy atom. The van der Waals surface area contributed by atoms with Crippen molar-refractivity contribution in [1.82, 2.24) is 14.5 Å². The van der Waals surface area contributed by atoms with Gasteiger partial charge in [-0.2, -0.15) is 0 Å². The molecule has 26 heavy (non-hydrogen) atoms. The molecule has 3 aromatic rings. The summed E-state index contributed by atoms with van der Waals surface area (Å²) in [5.41, 5.74) is 3.49. The Balaban J connectivity index is 1.72. The van der Waals surface area contributed by atoms with Crippen LogP contribution in [0.4, 0.5) is 0 Å². The molecule has 5 nitrogen and oxygen atoms in total. The zero-order chi connectivity index (χ0) is 18.4. The largest absolute Gasteiger partial charge is 0.335 e. The number of nitrogens with zero attached hydrogens (tertiary/aromatic N) is 2. The van der Waals surface area contributed by atoms with Gasteiger partial charge in [0.1, 0.15) is 0 Å². The Labute approximate surface area is 155 Å². The molecule has 6 heteroatoms. The van der Waals surface area contributed by atoms with Crippen LogP contribution in [-0.2, 0) is 13.5 Å². The third kappa shape index (κ3) is 2.57. The average Bonchev–Trinajstić information content (AvgIpc) is 3.08. The lowest BCUT2D eigenvalue weighted by molar-refractivity contribution is 0.0730. The molecule has 1 heterocycles. The molecule has 0 saturated heterocycles. The molecule has 2 aromatic carbocycles. The van der Waals surface area contributed by atoms with Crippen LogP contribution >= 0.6 is 12.2 Å². The molecule has 0 fully saturated rings. The number of hydrogen-bond acceptors (Lipinski definition) is 3. The number of fused-ring (bicyclic) bond motifs is 2. The van der Waals surface area contributed by atoms with E-state index in [2.05, 4.69) is 17.1 Å². The first kappa shape index (κ1) is 16.7. The van der Waals surface area contributed by atoms with E-state index in [-0.39, 0.29) is 17.5 Å². The van der Waals surface area contributed by atoms with Gasteiger partial charge in [0.05, 0.1) is 16.9 Å². The van der Waals surface area contributed by atoms with E-state index >= 15 is 0 Å². The van der Waals surface area contributed by atoms with Crippen LogP contribution in [0.5, 0.6) is 0 Å². The standard InChI is InChI=1S/C20H19N3O2S/c1-22(17-10-8-12-5-3-4-6-14(12)17)18(24)13-7-9-15-16(11-13)21-20(26)23(2)19(15)25/h3-7,9,11,17H,8,10H2,1-2H3,(H,21,26). The van der Waals surface area contributed by atoms with Crippen LogP contribution in [0.2, 0.25) is 0 Å². The van der Waals surface area contributed by atoms with E-state index in [9.17, 15) is 9.59 Å². The predicted octanol–water partition coefficient (Wildman–Crippen LogP) is 3.36. The van der Waals surface area contributed by atoms with Crippen LogP contribution in [-0.4, -0.2) is 27.4 Å². The van der Waals surface area contributed by atoms with Gasteiger partial charge < -0.3 is 9.88 Å². The van der Waals surface area contributed by atoms with Gasteiger partial charge in [0.15, 0.2) is 4.77 Å². The minimum Gasteiger partial charge on any atom is -0.335 e. The summed E-state index contributed by atoms with van der Waals surface area (Å²) in [7, 11) is 3.47. The van der Waals surface area contributed by atoms with Gasteiger partial charge in [-0.05, 0) is 54.4 Å². The molecule has 0 aliphatic heterocycles. The van der Waals surface area contributed by atoms with E-state index in [1.165, 1.54) is 15.7 Å². The molecule has 1 aromatic heterocycles. The van der Waals surface area contributed by atoms with E-state index in [0.29, 0.717) is 21.2 Å². The van der Waals surface area contributed by atoms with Crippen LogP contribution < -0.4 is 5.56 Å². The van der Waals surface area contributed by atoms with Crippen molar-refractivity contribution in [2.24, 2.45) is 7.05 Å². The van der Waals surface area contributed by atoms with Crippen LogP contribution in [0.1, 0.15) is 33.9 Å². The molecule has 1 atom stereocenters. The number of nitrogens with one attached hydrogen (secondary N) is 1. The summed E-state index contributed by atoms with van der Waals surface area (Å²) in [4.78, 5) is 30.1. The molecule has 4 rings (SSSR count). The van der Waals surface area contributed by atoms with Gasteiger partial charge in [-0.3, -0.25) is 14.2 Å². The van der Waals surface area contributed by atoms with Crippen molar-refractivity contribution in [3.05, 3.63) is 74.3 Å². The molecule has 0 bridgehead atoms. The molecule has 132 valence electrons. The lowest BCUT2D eigenvalue weighted by Gasteiger charge is -2.25. The van der Waals surface area contributed by atoms with Gasteiger partial charge in [-0.15, -0.1) is 0 Å². The zero-order valence-electron chi connectivity index (χ0n) is 14.7. The van der Waals surface area contributed by atoms with E-state index in [1.54, 1.807) is 30.1 Å². The second kappa shape index (κ2) is 6.21. The number of aromatic amines is 1. The first-order chi connectivity index (χ1) is 12.5. The highest BCUT2D eigenvalue weighted by Crippen LogP contribution is 2.35. The van der Waals surface area contributed by atoms with Crippen LogP contribution in [0.15, 0.2) is 47.3 Å². The second-order valence-corrected chi connectivity index (χ2v) is 7.11. The van der Waals surface area contributed by atoms with Gasteiger partial charge in [0, 0.05) is 19.7 Å². The number of carbonyl (C=O) groups is 1. The maximum Gasteiger partial charge on any atom is 0.261 e. The first-order valence-corrected chi connectivity index (χ1v) is 8.96. The molecule has 0 spiro atoms. The monoisotopic (exact) mass is 365 g/mol. The number of hydrogen-bond donors (Lipinski definition) is 1. The Hall–Kier alpha value is -2.73. The third-order valence-corrected chi connectivity index (χ3v) is 5.61. The van der Waals surface area contributed by atoms with Crippen LogP contribution in [0.3, 0.4) is 0 Å². The van der Waals surface area contributed by atoms with Gasteiger partial charge in [-0.1, -0.05) is 24.3 Å². The van der Waals surface area contributed by atoms with Crippen molar-refractivity contribution in [1.29, 1.82) is 0 Å². The van der Waals surface area contributed by atoms with Crippen molar-refractivity contribution >= 4 is 29.0 Å². The fourth-order valence-electron chi connectivity index (χ4n) is 3.72. The minimum absolute atomic E-state index is 0.0615. The SMILES string of the molecule is CN(C(=O)c1ccc2c(=O)n(C)c(=S)[nH]c2c1)C1CCc2ccccc21. The third-order valence-electron chi connectivity index (χ3n) is 5.24. The summed E-state index contributed by atoms with van der Waals surface area (Å²) in [5, 5.41) is 0.520. The average molecular weight is 365 g/mol. The number of benzene rings is 2. The molecule has 1 aliphatic carbocycles. The summed E-state index contributed by atoms with van der Waals surface area (Å²) in [6, 6.07) is 13.5. The van der Waals surface area contributed by atoms with Gasteiger partial charge in [0.25, 0.3) is 11.5 Å². The maximum absolute atomic E-state index is 13.0. The number of amides is 1. The van der Waals surface area contributed by atoms with E-state index < -0.39 is 0 Å². The fourth-order valence-corrected chi connectivity index (χ4v) is 3.91. The van der Waals surface area contributed by atoms with Crippen molar-refractivity contribution in [2.75, 3.05) is 7.05 Å². The molecule has 1 amide bonds. The fraction of sp³-hybridized carbons (Fsp3) is 0.250. The van der Waals surface area contributed by atoms with Crippen molar-refractivity contribution < 1.29 is 4.79 Å². The van der Waals surface area contributed by atoms with E-state index in [4.69, 9.17) is 12.2 Å². The molecule has 1 N–H and O–H groups in total. The lowest BCUT2D eigenvalue weighted by Crippen LogP contribution is -2.30. The molecule has 0 radical (unpaired) electrons. The summed E-state index contributed by atoms with van der Waals surface area (Å²) in [6.07, 6.45) is 1.91. The van der Waals surface area contributed by atoms with Gasteiger partial charge >= 0.3 is 0 Å². The smallest absolute Gasteiger partial charge is 0.261 e. The van der Waals surface area contributed by atoms with Gasteiger partial charge in [-0.25, -0.2) is 0 Å². The zero-order valence-corrected chi connectivity index (χ0v) is 15.5. The molecular formula is C20H19N3O2S. The Bertz CT molecular complexity index is 1150. The van der Waals surface area contributed by atoms with Crippen molar-refractivity contribution in [3.63, 3.8) is 0 Å². The summed E-state index contributed by atoms with van der Waals surface area (Å²) in [5.74, 6) is -0.0615. The second-order valence-electron chi connectivity index (χ2n) is 6.72. The maximum atomic E-state index is 13.0. The molecule has 1 aliphatic rings. The molecular weight excluding hydrogens is 346 g/mol. The molecule has 0 saturated carbocycles. The number of aromatic nitrogens is 2.